The number of hydrogen-bond acceptors (Lipinski definition) is 5. The lowest BCUT2D eigenvalue weighted by Gasteiger charge is -2.11. The Hall–Kier alpha value is -2.67. The Morgan fingerprint density at radius 2 is 1.88 bits per heavy atom. The van der Waals surface area contributed by atoms with Gasteiger partial charge in [-0.15, -0.1) is 0 Å². The van der Waals surface area contributed by atoms with Crippen molar-refractivity contribution < 1.29 is 17.9 Å². The molecule has 134 valence electrons. The Balaban J connectivity index is 2.00. The summed E-state index contributed by atoms with van der Waals surface area (Å²) in [5.74, 6) is -0.300. The Morgan fingerprint density at radius 1 is 1.19 bits per heavy atom. The van der Waals surface area contributed by atoms with E-state index in [1.807, 2.05) is 13.0 Å². The summed E-state index contributed by atoms with van der Waals surface area (Å²) in [5, 5.41) is 0. The van der Waals surface area contributed by atoms with Gasteiger partial charge in [-0.2, -0.15) is 0 Å². The lowest BCUT2D eigenvalue weighted by molar-refractivity contribution is 0.0593. The SMILES string of the molecule is COC(=O)c1cc2ncc(C3CC3)cc2n1S(=O)(=O)c1ccc(C)cc1. The predicted molar refractivity (Wildman–Crippen MR) is 96.8 cm³/mol. The van der Waals surface area contributed by atoms with Crippen LogP contribution in [0, 0.1) is 6.92 Å². The average Bonchev–Trinajstić information content (AvgIpc) is 3.40. The fraction of sp³-hybridized carbons (Fsp3) is 0.263. The highest BCUT2D eigenvalue weighted by Gasteiger charge is 2.29. The van der Waals surface area contributed by atoms with Crippen LogP contribution in [-0.2, 0) is 14.8 Å². The van der Waals surface area contributed by atoms with E-state index in [1.165, 1.54) is 25.3 Å². The molecule has 0 unspecified atom stereocenters. The van der Waals surface area contributed by atoms with Gasteiger partial charge in [-0.3, -0.25) is 4.98 Å². The van der Waals surface area contributed by atoms with Gasteiger partial charge in [0.2, 0.25) is 0 Å². The number of fused-ring (bicyclic) bond motifs is 1. The number of methoxy groups -OCH3 is 1. The first-order valence-corrected chi connectivity index (χ1v) is 9.78. The smallest absolute Gasteiger partial charge is 0.355 e. The summed E-state index contributed by atoms with van der Waals surface area (Å²) in [6.07, 6.45) is 3.90. The van der Waals surface area contributed by atoms with Gasteiger partial charge >= 0.3 is 5.97 Å². The lowest BCUT2D eigenvalue weighted by Crippen LogP contribution is -2.19. The maximum Gasteiger partial charge on any atom is 0.355 e. The Bertz CT molecular complexity index is 1110. The largest absolute Gasteiger partial charge is 0.464 e. The number of benzene rings is 1. The Kier molecular flexibility index (Phi) is 3.84. The monoisotopic (exact) mass is 370 g/mol. The van der Waals surface area contributed by atoms with Crippen molar-refractivity contribution in [1.82, 2.24) is 8.96 Å². The van der Waals surface area contributed by atoms with Gasteiger partial charge in [0.1, 0.15) is 5.69 Å². The second-order valence-corrected chi connectivity index (χ2v) is 8.34. The minimum atomic E-state index is -3.97. The average molecular weight is 370 g/mol. The molecular formula is C19H18N2O4S. The Morgan fingerprint density at radius 3 is 2.50 bits per heavy atom. The first-order valence-electron chi connectivity index (χ1n) is 8.34. The van der Waals surface area contributed by atoms with Gasteiger partial charge in [-0.05, 0) is 55.5 Å². The van der Waals surface area contributed by atoms with Crippen molar-refractivity contribution in [2.45, 2.75) is 30.6 Å². The summed E-state index contributed by atoms with van der Waals surface area (Å²) < 4.78 is 32.4. The van der Waals surface area contributed by atoms with Crippen LogP contribution >= 0.6 is 0 Å². The predicted octanol–water partition coefficient (Wildman–Crippen LogP) is 3.25. The lowest BCUT2D eigenvalue weighted by atomic mass is 10.2. The van der Waals surface area contributed by atoms with Crippen LogP contribution < -0.4 is 0 Å². The van der Waals surface area contributed by atoms with Crippen molar-refractivity contribution in [3.63, 3.8) is 0 Å². The minimum Gasteiger partial charge on any atom is -0.464 e. The first kappa shape index (κ1) is 16.8. The first-order chi connectivity index (χ1) is 12.4. The second-order valence-electron chi connectivity index (χ2n) is 6.55. The van der Waals surface area contributed by atoms with Gasteiger partial charge in [-0.25, -0.2) is 17.2 Å². The number of aromatic nitrogens is 2. The van der Waals surface area contributed by atoms with E-state index >= 15 is 0 Å². The third kappa shape index (κ3) is 2.68. The molecule has 1 aliphatic carbocycles. The highest BCUT2D eigenvalue weighted by molar-refractivity contribution is 7.90. The summed E-state index contributed by atoms with van der Waals surface area (Å²) in [7, 11) is -2.74. The topological polar surface area (TPSA) is 78.3 Å². The van der Waals surface area contributed by atoms with E-state index in [1.54, 1.807) is 18.3 Å². The molecule has 0 saturated heterocycles. The Labute approximate surface area is 151 Å². The molecule has 26 heavy (non-hydrogen) atoms. The summed E-state index contributed by atoms with van der Waals surface area (Å²) in [5.41, 5.74) is 2.74. The molecule has 0 radical (unpaired) electrons. The van der Waals surface area contributed by atoms with E-state index in [9.17, 15) is 13.2 Å². The number of ether oxygens (including phenoxy) is 1. The number of nitrogens with zero attached hydrogens (tertiary/aromatic N) is 2. The normalized spacial score (nSPS) is 14.5. The second kappa shape index (κ2) is 5.95. The number of aryl methyl sites for hydroxylation is 1. The number of pyridine rings is 1. The van der Waals surface area contributed by atoms with E-state index in [4.69, 9.17) is 4.74 Å². The van der Waals surface area contributed by atoms with Crippen molar-refractivity contribution in [3.8, 4) is 0 Å². The zero-order valence-corrected chi connectivity index (χ0v) is 15.3. The molecule has 0 aliphatic heterocycles. The molecule has 7 heteroatoms. The van der Waals surface area contributed by atoms with Gasteiger partial charge in [0.15, 0.2) is 0 Å². The van der Waals surface area contributed by atoms with Crippen molar-refractivity contribution in [3.05, 3.63) is 59.4 Å². The molecule has 1 aromatic carbocycles. The molecule has 2 heterocycles. The maximum atomic E-state index is 13.3. The molecule has 0 amide bonds. The van der Waals surface area contributed by atoms with Crippen molar-refractivity contribution >= 4 is 27.0 Å². The molecular weight excluding hydrogens is 352 g/mol. The van der Waals surface area contributed by atoms with Crippen LogP contribution in [0.5, 0.6) is 0 Å². The third-order valence-corrected chi connectivity index (χ3v) is 6.37. The van der Waals surface area contributed by atoms with Crippen molar-refractivity contribution in [2.24, 2.45) is 0 Å². The number of rotatable bonds is 4. The highest BCUT2D eigenvalue weighted by atomic mass is 32.2. The van der Waals surface area contributed by atoms with Crippen LogP contribution in [0.2, 0.25) is 0 Å². The van der Waals surface area contributed by atoms with Gasteiger partial charge in [0.05, 0.1) is 23.0 Å². The van der Waals surface area contributed by atoms with E-state index in [2.05, 4.69) is 4.98 Å². The fourth-order valence-corrected chi connectivity index (χ4v) is 4.51. The number of hydrogen-bond donors (Lipinski definition) is 0. The summed E-state index contributed by atoms with van der Waals surface area (Å²) >= 11 is 0. The summed E-state index contributed by atoms with van der Waals surface area (Å²) in [6.45, 7) is 1.88. The molecule has 1 saturated carbocycles. The quantitative estimate of drug-likeness (QED) is 0.659. The van der Waals surface area contributed by atoms with Crippen molar-refractivity contribution in [1.29, 1.82) is 0 Å². The standard InChI is InChI=1S/C19H18N2O4S/c1-12-3-7-15(8-4-12)26(23,24)21-17-9-14(13-5-6-13)11-20-16(17)10-18(21)19(22)25-2/h3-4,7-11,13H,5-6H2,1-2H3. The van der Waals surface area contributed by atoms with Crippen LogP contribution in [0.25, 0.3) is 11.0 Å². The van der Waals surface area contributed by atoms with E-state index in [0.717, 1.165) is 27.9 Å². The van der Waals surface area contributed by atoms with Crippen LogP contribution in [0.1, 0.15) is 40.4 Å². The minimum absolute atomic E-state index is 0.0523. The zero-order valence-electron chi connectivity index (χ0n) is 14.5. The number of esters is 1. The van der Waals surface area contributed by atoms with E-state index in [-0.39, 0.29) is 10.6 Å². The molecule has 0 spiro atoms. The fourth-order valence-electron chi connectivity index (χ4n) is 3.03. The van der Waals surface area contributed by atoms with Crippen LogP contribution in [-0.4, -0.2) is 30.5 Å². The number of carbonyl (C=O) groups excluding carboxylic acids is 1. The van der Waals surface area contributed by atoms with Gasteiger partial charge in [0.25, 0.3) is 10.0 Å². The zero-order chi connectivity index (χ0) is 18.5. The summed E-state index contributed by atoms with van der Waals surface area (Å²) in [4.78, 5) is 16.7. The molecule has 6 nitrogen and oxygen atoms in total. The molecule has 1 aliphatic rings. The van der Waals surface area contributed by atoms with Crippen LogP contribution in [0.15, 0.2) is 47.5 Å². The van der Waals surface area contributed by atoms with Crippen molar-refractivity contribution in [2.75, 3.05) is 7.11 Å². The van der Waals surface area contributed by atoms with Gasteiger partial charge in [0, 0.05) is 6.20 Å². The molecule has 2 aromatic heterocycles. The van der Waals surface area contributed by atoms with Gasteiger partial charge in [-0.1, -0.05) is 17.7 Å². The third-order valence-electron chi connectivity index (χ3n) is 4.63. The van der Waals surface area contributed by atoms with E-state index < -0.39 is 16.0 Å². The molecule has 3 aromatic rings. The molecule has 0 atom stereocenters. The van der Waals surface area contributed by atoms with Crippen LogP contribution in [0.4, 0.5) is 0 Å². The molecule has 1 fully saturated rings. The highest BCUT2D eigenvalue weighted by Crippen LogP contribution is 2.41. The van der Waals surface area contributed by atoms with Crippen LogP contribution in [0.3, 0.4) is 0 Å². The molecule has 0 N–H and O–H groups in total. The molecule has 4 rings (SSSR count). The summed E-state index contributed by atoms with van der Waals surface area (Å²) in [6, 6.07) is 9.81. The van der Waals surface area contributed by atoms with Gasteiger partial charge < -0.3 is 4.74 Å². The number of carbonyl (C=O) groups is 1. The maximum absolute atomic E-state index is 13.3. The molecule has 0 bridgehead atoms. The van der Waals surface area contributed by atoms with E-state index in [0.29, 0.717) is 17.0 Å².